The van der Waals surface area contributed by atoms with E-state index in [1.54, 1.807) is 6.20 Å². The van der Waals surface area contributed by atoms with Crippen LogP contribution < -0.4 is 5.32 Å². The van der Waals surface area contributed by atoms with E-state index in [9.17, 15) is 0 Å². The van der Waals surface area contributed by atoms with Gasteiger partial charge in [-0.1, -0.05) is 18.2 Å². The lowest BCUT2D eigenvalue weighted by molar-refractivity contribution is 0.299. The summed E-state index contributed by atoms with van der Waals surface area (Å²) in [5.74, 6) is 0.821. The second-order valence-electron chi connectivity index (χ2n) is 5.82. The largest absolute Gasteiger partial charge is 0.396 e. The van der Waals surface area contributed by atoms with E-state index >= 15 is 0 Å². The molecule has 3 aromatic rings. The Balaban J connectivity index is 1.76. The molecule has 0 spiro atoms. The molecule has 124 valence electrons. The first-order valence-electron chi connectivity index (χ1n) is 8.11. The molecule has 0 saturated heterocycles. The molecule has 2 aromatic heterocycles. The Kier molecular flexibility index (Phi) is 4.91. The summed E-state index contributed by atoms with van der Waals surface area (Å²) in [6, 6.07) is 14.1. The number of aliphatic hydroxyl groups is 1. The number of hydrogen-bond donors (Lipinski definition) is 2. The molecule has 3 rings (SSSR count). The first-order valence-corrected chi connectivity index (χ1v) is 8.11. The summed E-state index contributed by atoms with van der Waals surface area (Å²) in [6.07, 6.45) is 4.35. The summed E-state index contributed by atoms with van der Waals surface area (Å²) in [5.41, 5.74) is 4.40. The molecule has 5 nitrogen and oxygen atoms in total. The summed E-state index contributed by atoms with van der Waals surface area (Å²) in [6.45, 7) is 4.35. The Labute approximate surface area is 142 Å². The summed E-state index contributed by atoms with van der Waals surface area (Å²) in [4.78, 5) is 4.35. The molecule has 0 radical (unpaired) electrons. The third kappa shape index (κ3) is 3.46. The highest BCUT2D eigenvalue weighted by atomic mass is 16.2. The fourth-order valence-electron chi connectivity index (χ4n) is 2.78. The monoisotopic (exact) mass is 322 g/mol. The zero-order valence-corrected chi connectivity index (χ0v) is 14.0. The highest BCUT2D eigenvalue weighted by Crippen LogP contribution is 2.23. The molecule has 0 saturated carbocycles. The number of nitrogens with zero attached hydrogens (tertiary/aromatic N) is 3. The van der Waals surface area contributed by atoms with Crippen molar-refractivity contribution < 1.29 is 5.11 Å². The molecular weight excluding hydrogens is 300 g/mol. The van der Waals surface area contributed by atoms with Crippen molar-refractivity contribution >= 4 is 5.69 Å². The van der Waals surface area contributed by atoms with Gasteiger partial charge in [0.25, 0.3) is 0 Å². The number of aliphatic hydroxyl groups excluding tert-OH is 1. The van der Waals surface area contributed by atoms with Gasteiger partial charge in [0.2, 0.25) is 0 Å². The predicted molar refractivity (Wildman–Crippen MR) is 95.4 cm³/mol. The van der Waals surface area contributed by atoms with E-state index in [1.165, 1.54) is 0 Å². The maximum Gasteiger partial charge on any atom is 0.153 e. The molecule has 24 heavy (non-hydrogen) atoms. The standard InChI is InChI=1S/C19H22N4O/c1-14(22-17-8-6-16(7-9-17)10-12-24)18-13-21-23(15(18)2)19-5-3-4-11-20-19/h3-9,11,13-14,22,24H,10,12H2,1-2H3. The smallest absolute Gasteiger partial charge is 0.153 e. The van der Waals surface area contributed by atoms with Crippen LogP contribution in [0.3, 0.4) is 0 Å². The van der Waals surface area contributed by atoms with Gasteiger partial charge in [-0.05, 0) is 50.1 Å². The van der Waals surface area contributed by atoms with Crippen molar-refractivity contribution in [3.05, 3.63) is 71.7 Å². The van der Waals surface area contributed by atoms with Gasteiger partial charge >= 0.3 is 0 Å². The van der Waals surface area contributed by atoms with E-state index in [-0.39, 0.29) is 12.6 Å². The van der Waals surface area contributed by atoms with Crippen molar-refractivity contribution in [1.82, 2.24) is 14.8 Å². The van der Waals surface area contributed by atoms with Gasteiger partial charge in [0.1, 0.15) is 0 Å². The van der Waals surface area contributed by atoms with Crippen LogP contribution in [0.25, 0.3) is 5.82 Å². The normalized spacial score (nSPS) is 12.1. The second kappa shape index (κ2) is 7.27. The molecule has 1 aromatic carbocycles. The van der Waals surface area contributed by atoms with Crippen LogP contribution >= 0.6 is 0 Å². The zero-order chi connectivity index (χ0) is 16.9. The van der Waals surface area contributed by atoms with Crippen molar-refractivity contribution in [1.29, 1.82) is 0 Å². The van der Waals surface area contributed by atoms with Crippen molar-refractivity contribution in [2.75, 3.05) is 11.9 Å². The molecule has 0 aliphatic heterocycles. The number of hydrogen-bond acceptors (Lipinski definition) is 4. The van der Waals surface area contributed by atoms with Crippen LogP contribution in [-0.4, -0.2) is 26.5 Å². The van der Waals surface area contributed by atoms with Gasteiger partial charge in [-0.25, -0.2) is 9.67 Å². The average molecular weight is 322 g/mol. The average Bonchev–Trinajstić information content (AvgIpc) is 2.99. The molecule has 0 fully saturated rings. The first kappa shape index (κ1) is 16.2. The number of pyridine rings is 1. The van der Waals surface area contributed by atoms with E-state index in [2.05, 4.69) is 29.2 Å². The molecule has 2 N–H and O–H groups in total. The lowest BCUT2D eigenvalue weighted by Gasteiger charge is -2.15. The van der Waals surface area contributed by atoms with Crippen LogP contribution in [0.5, 0.6) is 0 Å². The van der Waals surface area contributed by atoms with Gasteiger partial charge in [0, 0.05) is 29.7 Å². The molecule has 1 unspecified atom stereocenters. The van der Waals surface area contributed by atoms with Gasteiger partial charge in [-0.3, -0.25) is 0 Å². The Morgan fingerprint density at radius 2 is 1.96 bits per heavy atom. The SMILES string of the molecule is Cc1c(C(C)Nc2ccc(CCO)cc2)cnn1-c1ccccn1. The van der Waals surface area contributed by atoms with Crippen molar-refractivity contribution in [2.45, 2.75) is 26.3 Å². The van der Waals surface area contributed by atoms with Gasteiger partial charge in [0.05, 0.1) is 12.2 Å². The Morgan fingerprint density at radius 1 is 1.17 bits per heavy atom. The van der Waals surface area contributed by atoms with E-state index in [0.29, 0.717) is 6.42 Å². The van der Waals surface area contributed by atoms with E-state index < -0.39 is 0 Å². The Morgan fingerprint density at radius 3 is 2.62 bits per heavy atom. The number of nitrogens with one attached hydrogen (secondary N) is 1. The fraction of sp³-hybridized carbons (Fsp3) is 0.263. The lowest BCUT2D eigenvalue weighted by atomic mass is 10.1. The van der Waals surface area contributed by atoms with E-state index in [1.807, 2.05) is 53.3 Å². The summed E-state index contributed by atoms with van der Waals surface area (Å²) in [5, 5.41) is 17.0. The van der Waals surface area contributed by atoms with Crippen molar-refractivity contribution in [3.8, 4) is 5.82 Å². The highest BCUT2D eigenvalue weighted by molar-refractivity contribution is 5.47. The van der Waals surface area contributed by atoms with Crippen LogP contribution in [0.2, 0.25) is 0 Å². The van der Waals surface area contributed by atoms with E-state index in [4.69, 9.17) is 5.11 Å². The molecular formula is C19H22N4O. The topological polar surface area (TPSA) is 63.0 Å². The fourth-order valence-corrected chi connectivity index (χ4v) is 2.78. The first-order chi connectivity index (χ1) is 11.7. The maximum atomic E-state index is 8.98. The van der Waals surface area contributed by atoms with Crippen LogP contribution in [0.4, 0.5) is 5.69 Å². The predicted octanol–water partition coefficient (Wildman–Crippen LogP) is 3.28. The van der Waals surface area contributed by atoms with Gasteiger partial charge in [0.15, 0.2) is 5.82 Å². The molecule has 1 atom stereocenters. The van der Waals surface area contributed by atoms with Gasteiger partial charge in [-0.15, -0.1) is 0 Å². The number of rotatable bonds is 6. The molecule has 2 heterocycles. The maximum absolute atomic E-state index is 8.98. The summed E-state index contributed by atoms with van der Waals surface area (Å²) >= 11 is 0. The molecule has 0 aliphatic rings. The summed E-state index contributed by atoms with van der Waals surface area (Å²) < 4.78 is 1.86. The number of aromatic nitrogens is 3. The van der Waals surface area contributed by atoms with Crippen LogP contribution in [0, 0.1) is 6.92 Å². The highest BCUT2D eigenvalue weighted by Gasteiger charge is 2.14. The van der Waals surface area contributed by atoms with Crippen molar-refractivity contribution in [2.24, 2.45) is 0 Å². The number of anilines is 1. The van der Waals surface area contributed by atoms with Gasteiger partial charge in [-0.2, -0.15) is 5.10 Å². The minimum Gasteiger partial charge on any atom is -0.396 e. The second-order valence-corrected chi connectivity index (χ2v) is 5.82. The van der Waals surface area contributed by atoms with Crippen molar-refractivity contribution in [3.63, 3.8) is 0 Å². The molecule has 0 amide bonds. The third-order valence-electron chi connectivity index (χ3n) is 4.12. The Hall–Kier alpha value is -2.66. The Bertz CT molecular complexity index is 781. The minimum absolute atomic E-state index is 0.131. The third-order valence-corrected chi connectivity index (χ3v) is 4.12. The quantitative estimate of drug-likeness (QED) is 0.731. The summed E-state index contributed by atoms with van der Waals surface area (Å²) in [7, 11) is 0. The lowest BCUT2D eigenvalue weighted by Crippen LogP contribution is -2.08. The zero-order valence-electron chi connectivity index (χ0n) is 14.0. The molecule has 5 heteroatoms. The molecule has 0 aliphatic carbocycles. The minimum atomic E-state index is 0.131. The van der Waals surface area contributed by atoms with Crippen LogP contribution in [-0.2, 0) is 6.42 Å². The van der Waals surface area contributed by atoms with Gasteiger partial charge < -0.3 is 10.4 Å². The molecule has 0 bridgehead atoms. The van der Waals surface area contributed by atoms with Crippen LogP contribution in [0.1, 0.15) is 29.8 Å². The van der Waals surface area contributed by atoms with Crippen LogP contribution in [0.15, 0.2) is 54.9 Å². The number of benzene rings is 1. The van der Waals surface area contributed by atoms with E-state index in [0.717, 1.165) is 28.3 Å².